The first-order valence-electron chi connectivity index (χ1n) is 3.32. The van der Waals surface area contributed by atoms with Gasteiger partial charge in [0.2, 0.25) is 5.82 Å². The standard InChI is InChI=1S/C8H6F2O3/c1-13-8-5(9)2-4(3-11)7(12)6(8)10/h2-3,12H,1H3. The van der Waals surface area contributed by atoms with Crippen molar-refractivity contribution in [1.82, 2.24) is 0 Å². The van der Waals surface area contributed by atoms with Crippen molar-refractivity contribution in [1.29, 1.82) is 0 Å². The van der Waals surface area contributed by atoms with Crippen molar-refractivity contribution in [2.45, 2.75) is 0 Å². The summed E-state index contributed by atoms with van der Waals surface area (Å²) in [5.41, 5.74) is -0.448. The lowest BCUT2D eigenvalue weighted by Crippen LogP contribution is -1.96. The summed E-state index contributed by atoms with van der Waals surface area (Å²) in [5.74, 6) is -3.92. The van der Waals surface area contributed by atoms with Crippen LogP contribution in [0.4, 0.5) is 8.78 Å². The number of rotatable bonds is 2. The third-order valence-corrected chi connectivity index (χ3v) is 1.51. The number of hydrogen-bond donors (Lipinski definition) is 1. The fraction of sp³-hybridized carbons (Fsp3) is 0.125. The van der Waals surface area contributed by atoms with Crippen molar-refractivity contribution in [3.8, 4) is 11.5 Å². The molecule has 5 heteroatoms. The van der Waals surface area contributed by atoms with E-state index in [2.05, 4.69) is 4.74 Å². The van der Waals surface area contributed by atoms with Crippen LogP contribution in [0.25, 0.3) is 0 Å². The Kier molecular flexibility index (Phi) is 2.46. The summed E-state index contributed by atoms with van der Waals surface area (Å²) in [4.78, 5) is 10.2. The van der Waals surface area contributed by atoms with E-state index in [0.29, 0.717) is 6.07 Å². The maximum atomic E-state index is 12.9. The van der Waals surface area contributed by atoms with Crippen molar-refractivity contribution in [3.05, 3.63) is 23.3 Å². The van der Waals surface area contributed by atoms with Crippen molar-refractivity contribution < 1.29 is 23.4 Å². The molecule has 0 aliphatic carbocycles. The molecule has 0 radical (unpaired) electrons. The number of phenols is 1. The van der Waals surface area contributed by atoms with Gasteiger partial charge in [-0.05, 0) is 6.07 Å². The van der Waals surface area contributed by atoms with Crippen LogP contribution in [0.15, 0.2) is 6.07 Å². The summed E-state index contributed by atoms with van der Waals surface area (Å²) in [6.45, 7) is 0. The number of halogens is 2. The van der Waals surface area contributed by atoms with E-state index in [1.54, 1.807) is 0 Å². The zero-order chi connectivity index (χ0) is 10.0. The average Bonchev–Trinajstić information content (AvgIpc) is 2.12. The van der Waals surface area contributed by atoms with E-state index in [9.17, 15) is 13.6 Å². The van der Waals surface area contributed by atoms with Gasteiger partial charge in [0.05, 0.1) is 12.7 Å². The number of methoxy groups -OCH3 is 1. The van der Waals surface area contributed by atoms with E-state index in [1.807, 2.05) is 0 Å². The molecule has 1 N–H and O–H groups in total. The lowest BCUT2D eigenvalue weighted by atomic mass is 10.2. The number of carbonyl (C=O) groups is 1. The molecule has 0 atom stereocenters. The number of carbonyl (C=O) groups excluding carboxylic acids is 1. The molecule has 0 fully saturated rings. The molecule has 3 nitrogen and oxygen atoms in total. The first kappa shape index (κ1) is 9.44. The van der Waals surface area contributed by atoms with Crippen LogP contribution in [0, 0.1) is 11.6 Å². The van der Waals surface area contributed by atoms with Crippen LogP contribution in [0.3, 0.4) is 0 Å². The van der Waals surface area contributed by atoms with Gasteiger partial charge < -0.3 is 9.84 Å². The maximum absolute atomic E-state index is 12.9. The highest BCUT2D eigenvalue weighted by molar-refractivity contribution is 5.79. The molecule has 0 aliphatic heterocycles. The van der Waals surface area contributed by atoms with Gasteiger partial charge in [0, 0.05) is 0 Å². The lowest BCUT2D eigenvalue weighted by molar-refractivity contribution is 0.111. The zero-order valence-corrected chi connectivity index (χ0v) is 6.67. The SMILES string of the molecule is COc1c(F)cc(C=O)c(O)c1F. The van der Waals surface area contributed by atoms with Crippen LogP contribution in [0.1, 0.15) is 10.4 Å². The van der Waals surface area contributed by atoms with E-state index in [-0.39, 0.29) is 6.29 Å². The molecule has 0 aromatic heterocycles. The number of aromatic hydroxyl groups is 1. The molecule has 13 heavy (non-hydrogen) atoms. The molecule has 0 aliphatic rings. The molecule has 1 rings (SSSR count). The molecule has 0 spiro atoms. The minimum atomic E-state index is -1.27. The Bertz CT molecular complexity index is 350. The topological polar surface area (TPSA) is 46.5 Å². The Labute approximate surface area is 72.6 Å². The van der Waals surface area contributed by atoms with Gasteiger partial charge in [0.1, 0.15) is 0 Å². The van der Waals surface area contributed by atoms with Gasteiger partial charge in [-0.3, -0.25) is 4.79 Å². The second-order valence-corrected chi connectivity index (χ2v) is 2.26. The van der Waals surface area contributed by atoms with E-state index in [4.69, 9.17) is 5.11 Å². The average molecular weight is 188 g/mol. The third kappa shape index (κ3) is 1.44. The minimum absolute atomic E-state index is 0.154. The fourth-order valence-corrected chi connectivity index (χ4v) is 0.886. The van der Waals surface area contributed by atoms with Crippen LogP contribution in [-0.2, 0) is 0 Å². The van der Waals surface area contributed by atoms with E-state index < -0.39 is 28.7 Å². The second-order valence-electron chi connectivity index (χ2n) is 2.26. The molecule has 70 valence electrons. The summed E-state index contributed by atoms with van der Waals surface area (Å²) in [6.07, 6.45) is 0.154. The Morgan fingerprint density at radius 1 is 1.54 bits per heavy atom. The molecule has 0 heterocycles. The number of phenolic OH excluding ortho intramolecular Hbond substituents is 1. The Hall–Kier alpha value is -1.65. The number of aldehydes is 1. The quantitative estimate of drug-likeness (QED) is 0.715. The summed E-state index contributed by atoms with van der Waals surface area (Å²) in [6, 6.07) is 0.699. The monoisotopic (exact) mass is 188 g/mol. The fourth-order valence-electron chi connectivity index (χ4n) is 0.886. The highest BCUT2D eigenvalue weighted by Crippen LogP contribution is 2.31. The Morgan fingerprint density at radius 2 is 2.15 bits per heavy atom. The highest BCUT2D eigenvalue weighted by atomic mass is 19.1. The smallest absolute Gasteiger partial charge is 0.210 e. The molecular weight excluding hydrogens is 182 g/mol. The first-order valence-corrected chi connectivity index (χ1v) is 3.32. The predicted octanol–water partition coefficient (Wildman–Crippen LogP) is 1.49. The zero-order valence-electron chi connectivity index (χ0n) is 6.67. The highest BCUT2D eigenvalue weighted by Gasteiger charge is 2.17. The van der Waals surface area contributed by atoms with Crippen molar-refractivity contribution in [2.24, 2.45) is 0 Å². The van der Waals surface area contributed by atoms with Crippen LogP contribution in [-0.4, -0.2) is 18.5 Å². The van der Waals surface area contributed by atoms with Crippen LogP contribution >= 0.6 is 0 Å². The Morgan fingerprint density at radius 3 is 2.62 bits per heavy atom. The van der Waals surface area contributed by atoms with Gasteiger partial charge in [0.15, 0.2) is 23.6 Å². The second kappa shape index (κ2) is 3.38. The molecule has 1 aromatic rings. The van der Waals surface area contributed by atoms with E-state index in [0.717, 1.165) is 7.11 Å². The Balaban J connectivity index is 3.45. The van der Waals surface area contributed by atoms with Gasteiger partial charge in [0.25, 0.3) is 0 Å². The van der Waals surface area contributed by atoms with Gasteiger partial charge in [-0.1, -0.05) is 0 Å². The first-order chi connectivity index (χ1) is 6.11. The molecule has 0 unspecified atom stereocenters. The molecule has 1 aromatic carbocycles. The van der Waals surface area contributed by atoms with Gasteiger partial charge in [-0.2, -0.15) is 4.39 Å². The van der Waals surface area contributed by atoms with Crippen LogP contribution in [0.5, 0.6) is 11.5 Å². The van der Waals surface area contributed by atoms with Crippen molar-refractivity contribution in [2.75, 3.05) is 7.11 Å². The van der Waals surface area contributed by atoms with Gasteiger partial charge in [-0.15, -0.1) is 0 Å². The minimum Gasteiger partial charge on any atom is -0.504 e. The van der Waals surface area contributed by atoms with Gasteiger partial charge in [-0.25, -0.2) is 4.39 Å². The van der Waals surface area contributed by atoms with Crippen LogP contribution in [0.2, 0.25) is 0 Å². The molecular formula is C8H6F2O3. The summed E-state index contributed by atoms with van der Waals surface area (Å²) in [7, 11) is 1.06. The largest absolute Gasteiger partial charge is 0.504 e. The molecule has 0 bridgehead atoms. The van der Waals surface area contributed by atoms with Crippen LogP contribution < -0.4 is 4.74 Å². The number of hydrogen-bond acceptors (Lipinski definition) is 3. The predicted molar refractivity (Wildman–Crippen MR) is 40.0 cm³/mol. The van der Waals surface area contributed by atoms with E-state index >= 15 is 0 Å². The number of ether oxygens (including phenoxy) is 1. The molecule has 0 saturated heterocycles. The van der Waals surface area contributed by atoms with E-state index in [1.165, 1.54) is 0 Å². The lowest BCUT2D eigenvalue weighted by Gasteiger charge is -2.05. The summed E-state index contributed by atoms with van der Waals surface area (Å²) >= 11 is 0. The summed E-state index contributed by atoms with van der Waals surface area (Å²) in [5, 5.41) is 8.98. The maximum Gasteiger partial charge on any atom is 0.210 e. The molecule has 0 amide bonds. The van der Waals surface area contributed by atoms with Gasteiger partial charge >= 0.3 is 0 Å². The molecule has 0 saturated carbocycles. The normalized spacial score (nSPS) is 9.77. The van der Waals surface area contributed by atoms with Crippen molar-refractivity contribution in [3.63, 3.8) is 0 Å². The summed E-state index contributed by atoms with van der Waals surface area (Å²) < 4.78 is 30.1. The number of benzene rings is 1. The third-order valence-electron chi connectivity index (χ3n) is 1.51. The van der Waals surface area contributed by atoms with Crippen molar-refractivity contribution >= 4 is 6.29 Å².